The van der Waals surface area contributed by atoms with E-state index < -0.39 is 0 Å². The van der Waals surface area contributed by atoms with Crippen LogP contribution in [0, 0.1) is 5.41 Å². The maximum Gasteiger partial charge on any atom is 0.255 e. The quantitative estimate of drug-likeness (QED) is 0.874. The first-order chi connectivity index (χ1) is 10.6. The van der Waals surface area contributed by atoms with Gasteiger partial charge in [0.25, 0.3) is 5.91 Å². The van der Waals surface area contributed by atoms with E-state index >= 15 is 0 Å². The van der Waals surface area contributed by atoms with Crippen molar-refractivity contribution in [3.8, 4) is 5.75 Å². The Morgan fingerprint density at radius 1 is 1.23 bits per heavy atom. The molecule has 0 unspecified atom stereocenters. The highest BCUT2D eigenvalue weighted by Gasteiger charge is 2.37. The molecule has 2 aliphatic rings. The van der Waals surface area contributed by atoms with Crippen molar-refractivity contribution in [2.75, 3.05) is 33.3 Å². The molecule has 2 fully saturated rings. The molecule has 0 aromatic heterocycles. The van der Waals surface area contributed by atoms with Gasteiger partial charge >= 0.3 is 0 Å². The Kier molecular flexibility index (Phi) is 4.73. The lowest BCUT2D eigenvalue weighted by Gasteiger charge is -2.44. The Morgan fingerprint density at radius 2 is 1.91 bits per heavy atom. The number of hydrogen-bond acceptors (Lipinski definition) is 3. The molecule has 4 nitrogen and oxygen atoms in total. The monoisotopic (exact) mass is 366 g/mol. The van der Waals surface area contributed by atoms with Crippen molar-refractivity contribution in [2.24, 2.45) is 5.41 Å². The zero-order valence-corrected chi connectivity index (χ0v) is 14.6. The number of rotatable bonds is 2. The summed E-state index contributed by atoms with van der Waals surface area (Å²) >= 11 is 3.49. The molecule has 5 heteroatoms. The van der Waals surface area contributed by atoms with Crippen LogP contribution >= 0.6 is 15.9 Å². The van der Waals surface area contributed by atoms with Crippen molar-refractivity contribution in [3.63, 3.8) is 0 Å². The number of methoxy groups -OCH3 is 1. The number of hydrogen-bond donors (Lipinski definition) is 1. The van der Waals surface area contributed by atoms with E-state index in [1.165, 1.54) is 12.8 Å². The van der Waals surface area contributed by atoms with Crippen molar-refractivity contribution in [1.82, 2.24) is 10.2 Å². The summed E-state index contributed by atoms with van der Waals surface area (Å²) in [4.78, 5) is 14.8. The molecular formula is C17H23BrN2O2. The fraction of sp³-hybridized carbons (Fsp3) is 0.588. The van der Waals surface area contributed by atoms with E-state index in [0.29, 0.717) is 11.0 Å². The molecular weight excluding hydrogens is 344 g/mol. The van der Waals surface area contributed by atoms with Crippen molar-refractivity contribution < 1.29 is 9.53 Å². The summed E-state index contributed by atoms with van der Waals surface area (Å²) in [5, 5.41) is 3.44. The number of nitrogens with one attached hydrogen (secondary N) is 1. The topological polar surface area (TPSA) is 41.6 Å². The fourth-order valence-corrected chi connectivity index (χ4v) is 4.02. The first-order valence-corrected chi connectivity index (χ1v) is 8.76. The number of ether oxygens (including phenoxy) is 1. The fourth-order valence-electron chi connectivity index (χ4n) is 3.61. The minimum Gasteiger partial charge on any atom is -0.497 e. The van der Waals surface area contributed by atoms with E-state index in [4.69, 9.17) is 4.74 Å². The van der Waals surface area contributed by atoms with Gasteiger partial charge in [-0.2, -0.15) is 0 Å². The van der Waals surface area contributed by atoms with Crippen LogP contribution in [0.5, 0.6) is 5.75 Å². The average molecular weight is 367 g/mol. The number of halogens is 1. The molecule has 22 heavy (non-hydrogen) atoms. The van der Waals surface area contributed by atoms with Crippen LogP contribution in [0.25, 0.3) is 0 Å². The van der Waals surface area contributed by atoms with Crippen LogP contribution in [0.3, 0.4) is 0 Å². The van der Waals surface area contributed by atoms with Crippen LogP contribution < -0.4 is 10.1 Å². The van der Waals surface area contributed by atoms with Crippen LogP contribution in [0.1, 0.15) is 36.0 Å². The molecule has 120 valence electrons. The predicted octanol–water partition coefficient (Wildman–Crippen LogP) is 3.06. The Balaban J connectivity index is 1.69. The lowest BCUT2D eigenvalue weighted by Crippen LogP contribution is -2.47. The van der Waals surface area contributed by atoms with Gasteiger partial charge in [-0.05, 0) is 78.3 Å². The molecule has 2 aliphatic heterocycles. The molecule has 1 spiro atoms. The van der Waals surface area contributed by atoms with Gasteiger partial charge in [-0.15, -0.1) is 0 Å². The maximum absolute atomic E-state index is 12.8. The number of carbonyl (C=O) groups excluding carboxylic acids is 1. The molecule has 1 N–H and O–H groups in total. The highest BCUT2D eigenvalue weighted by atomic mass is 79.9. The van der Waals surface area contributed by atoms with Crippen LogP contribution in [0.2, 0.25) is 0 Å². The lowest BCUT2D eigenvalue weighted by atomic mass is 9.71. The van der Waals surface area contributed by atoms with Gasteiger partial charge in [0.2, 0.25) is 0 Å². The SMILES string of the molecule is COc1ccc(Br)c(C(=O)N2CCC3(CCNCC3)CC2)c1. The summed E-state index contributed by atoms with van der Waals surface area (Å²) in [7, 11) is 1.62. The summed E-state index contributed by atoms with van der Waals surface area (Å²) in [6, 6.07) is 5.56. The van der Waals surface area contributed by atoms with Gasteiger partial charge in [0.05, 0.1) is 12.7 Å². The smallest absolute Gasteiger partial charge is 0.255 e. The summed E-state index contributed by atoms with van der Waals surface area (Å²) in [6.07, 6.45) is 4.75. The number of carbonyl (C=O) groups is 1. The number of likely N-dealkylation sites (tertiary alicyclic amines) is 1. The van der Waals surface area contributed by atoms with Gasteiger partial charge in [0.1, 0.15) is 5.75 Å². The van der Waals surface area contributed by atoms with E-state index in [9.17, 15) is 4.79 Å². The molecule has 1 amide bonds. The second-order valence-corrected chi connectivity index (χ2v) is 7.24. The van der Waals surface area contributed by atoms with Crippen molar-refractivity contribution in [2.45, 2.75) is 25.7 Å². The molecule has 0 bridgehead atoms. The Hall–Kier alpha value is -1.07. The predicted molar refractivity (Wildman–Crippen MR) is 90.4 cm³/mol. The summed E-state index contributed by atoms with van der Waals surface area (Å²) < 4.78 is 6.07. The Morgan fingerprint density at radius 3 is 2.55 bits per heavy atom. The minimum absolute atomic E-state index is 0.106. The number of nitrogens with zero attached hydrogens (tertiary/aromatic N) is 1. The Bertz CT molecular complexity index is 546. The zero-order valence-electron chi connectivity index (χ0n) is 13.0. The van der Waals surface area contributed by atoms with E-state index in [0.717, 1.165) is 49.2 Å². The van der Waals surface area contributed by atoms with Gasteiger partial charge in [-0.1, -0.05) is 0 Å². The minimum atomic E-state index is 0.106. The summed E-state index contributed by atoms with van der Waals surface area (Å²) in [6.45, 7) is 3.97. The average Bonchev–Trinajstić information content (AvgIpc) is 2.56. The van der Waals surface area contributed by atoms with Crippen LogP contribution in [-0.4, -0.2) is 44.1 Å². The molecule has 1 aromatic carbocycles. The maximum atomic E-state index is 12.8. The molecule has 0 atom stereocenters. The van der Waals surface area contributed by atoms with Crippen molar-refractivity contribution in [1.29, 1.82) is 0 Å². The highest BCUT2D eigenvalue weighted by Crippen LogP contribution is 2.40. The molecule has 2 heterocycles. The zero-order chi connectivity index (χ0) is 15.6. The van der Waals surface area contributed by atoms with Gasteiger partial charge in [-0.3, -0.25) is 4.79 Å². The van der Waals surface area contributed by atoms with E-state index in [1.54, 1.807) is 7.11 Å². The van der Waals surface area contributed by atoms with Crippen LogP contribution in [0.4, 0.5) is 0 Å². The van der Waals surface area contributed by atoms with Gasteiger partial charge in [0, 0.05) is 17.6 Å². The molecule has 0 radical (unpaired) electrons. The largest absolute Gasteiger partial charge is 0.497 e. The van der Waals surface area contributed by atoms with Gasteiger partial charge < -0.3 is 15.0 Å². The third-order valence-corrected chi connectivity index (χ3v) is 5.87. The highest BCUT2D eigenvalue weighted by molar-refractivity contribution is 9.10. The first-order valence-electron chi connectivity index (χ1n) is 7.97. The first kappa shape index (κ1) is 15.8. The van der Waals surface area contributed by atoms with E-state index in [1.807, 2.05) is 23.1 Å². The number of amides is 1. The van der Waals surface area contributed by atoms with Crippen molar-refractivity contribution >= 4 is 21.8 Å². The third-order valence-electron chi connectivity index (χ3n) is 5.18. The number of piperidine rings is 2. The van der Waals surface area contributed by atoms with Crippen LogP contribution in [-0.2, 0) is 0 Å². The number of benzene rings is 1. The Labute approximate surface area is 140 Å². The van der Waals surface area contributed by atoms with E-state index in [-0.39, 0.29) is 5.91 Å². The second-order valence-electron chi connectivity index (χ2n) is 6.39. The van der Waals surface area contributed by atoms with E-state index in [2.05, 4.69) is 21.2 Å². The van der Waals surface area contributed by atoms with Crippen LogP contribution in [0.15, 0.2) is 22.7 Å². The molecule has 0 saturated carbocycles. The normalized spacial score (nSPS) is 20.9. The summed E-state index contributed by atoms with van der Waals surface area (Å²) in [5.74, 6) is 0.827. The van der Waals surface area contributed by atoms with Crippen molar-refractivity contribution in [3.05, 3.63) is 28.2 Å². The molecule has 2 saturated heterocycles. The molecule has 1 aromatic rings. The van der Waals surface area contributed by atoms with Gasteiger partial charge in [-0.25, -0.2) is 0 Å². The molecule has 3 rings (SSSR count). The molecule has 0 aliphatic carbocycles. The standard InChI is InChI=1S/C17H23BrN2O2/c1-22-13-2-3-15(18)14(12-13)16(21)20-10-6-17(7-11-20)4-8-19-9-5-17/h2-3,12,19H,4-11H2,1H3. The van der Waals surface area contributed by atoms with Gasteiger partial charge in [0.15, 0.2) is 0 Å². The lowest BCUT2D eigenvalue weighted by molar-refractivity contribution is 0.0494. The second kappa shape index (κ2) is 6.59. The summed E-state index contributed by atoms with van der Waals surface area (Å²) in [5.41, 5.74) is 1.16. The third kappa shape index (κ3) is 3.15.